The fourth-order valence-electron chi connectivity index (χ4n) is 3.41. The minimum Gasteiger partial charge on any atom is -0.347 e. The molecule has 0 saturated heterocycles. The highest BCUT2D eigenvalue weighted by molar-refractivity contribution is 9.10. The molecule has 3 rings (SSSR count). The predicted octanol–water partition coefficient (Wildman–Crippen LogP) is 5.37. The lowest BCUT2D eigenvalue weighted by Crippen LogP contribution is -2.42. The molecule has 0 amide bonds. The van der Waals surface area contributed by atoms with Crippen molar-refractivity contribution < 1.29 is 21.6 Å². The SMILES string of the molecule is CC(C)(C)Cn1cc(C(NS(=O)(=O)C2CCC2)C(F)F)c2cc(F)c(Br)cc21. The minimum absolute atomic E-state index is 0.0866. The number of halogens is 4. The van der Waals surface area contributed by atoms with Crippen molar-refractivity contribution >= 4 is 36.9 Å². The molecule has 1 aliphatic carbocycles. The van der Waals surface area contributed by atoms with Gasteiger partial charge in [-0.3, -0.25) is 0 Å². The van der Waals surface area contributed by atoms with E-state index in [9.17, 15) is 21.6 Å². The number of nitrogens with one attached hydrogen (secondary N) is 1. The van der Waals surface area contributed by atoms with Crippen LogP contribution in [-0.2, 0) is 16.6 Å². The van der Waals surface area contributed by atoms with Gasteiger partial charge in [-0.15, -0.1) is 0 Å². The molecule has 0 aliphatic heterocycles. The van der Waals surface area contributed by atoms with Crippen LogP contribution in [0.3, 0.4) is 0 Å². The van der Waals surface area contributed by atoms with Crippen molar-refractivity contribution in [2.24, 2.45) is 5.41 Å². The molecule has 1 aromatic carbocycles. The molecule has 9 heteroatoms. The summed E-state index contributed by atoms with van der Waals surface area (Å²) in [7, 11) is -3.87. The van der Waals surface area contributed by atoms with Crippen molar-refractivity contribution in [3.05, 3.63) is 34.2 Å². The number of nitrogens with zero attached hydrogens (tertiary/aromatic N) is 1. The molecule has 0 radical (unpaired) electrons. The van der Waals surface area contributed by atoms with Gasteiger partial charge in [0.25, 0.3) is 6.43 Å². The van der Waals surface area contributed by atoms with Crippen molar-refractivity contribution in [3.63, 3.8) is 0 Å². The Morgan fingerprint density at radius 1 is 1.29 bits per heavy atom. The molecule has 2 aromatic rings. The summed E-state index contributed by atoms with van der Waals surface area (Å²) >= 11 is 3.14. The first-order chi connectivity index (χ1) is 12.9. The third-order valence-corrected chi connectivity index (χ3v) is 7.51. The molecule has 1 N–H and O–H groups in total. The molecule has 1 atom stereocenters. The Morgan fingerprint density at radius 3 is 2.43 bits per heavy atom. The van der Waals surface area contributed by atoms with E-state index in [2.05, 4.69) is 20.7 Å². The zero-order chi connectivity index (χ0) is 20.9. The van der Waals surface area contributed by atoms with E-state index in [4.69, 9.17) is 0 Å². The first kappa shape index (κ1) is 21.6. The molecule has 1 aromatic heterocycles. The number of fused-ring (bicyclic) bond motifs is 1. The molecular formula is C19H24BrF3N2O2S. The summed E-state index contributed by atoms with van der Waals surface area (Å²) in [6, 6.07) is 0.999. The summed E-state index contributed by atoms with van der Waals surface area (Å²) in [6.07, 6.45) is 0.268. The van der Waals surface area contributed by atoms with Crippen molar-refractivity contribution in [3.8, 4) is 0 Å². The average Bonchev–Trinajstić information content (AvgIpc) is 2.79. The van der Waals surface area contributed by atoms with E-state index in [-0.39, 0.29) is 20.8 Å². The third-order valence-electron chi connectivity index (χ3n) is 4.97. The first-order valence-corrected chi connectivity index (χ1v) is 11.5. The molecule has 1 saturated carbocycles. The van der Waals surface area contributed by atoms with E-state index < -0.39 is 33.6 Å². The van der Waals surface area contributed by atoms with Gasteiger partial charge < -0.3 is 4.57 Å². The van der Waals surface area contributed by atoms with E-state index >= 15 is 0 Å². The standard InChI is InChI=1S/C19H24BrF3N2O2S/c1-19(2,3)10-25-9-13(12-7-15(21)14(20)8-16(12)25)17(18(22)23)24-28(26,27)11-5-4-6-11/h7-9,11,17-18,24H,4-6,10H2,1-3H3. The van der Waals surface area contributed by atoms with E-state index in [0.29, 0.717) is 24.9 Å². The quantitative estimate of drug-likeness (QED) is 0.604. The maximum absolute atomic E-state index is 14.2. The zero-order valence-corrected chi connectivity index (χ0v) is 18.4. The Kier molecular flexibility index (Phi) is 5.91. The topological polar surface area (TPSA) is 51.1 Å². The number of rotatable bonds is 6. The monoisotopic (exact) mass is 480 g/mol. The molecule has 1 unspecified atom stereocenters. The summed E-state index contributed by atoms with van der Waals surface area (Å²) < 4.78 is 71.1. The minimum atomic E-state index is -3.87. The Balaban J connectivity index is 2.11. The van der Waals surface area contributed by atoms with Crippen LogP contribution in [0.1, 0.15) is 51.6 Å². The maximum Gasteiger partial charge on any atom is 0.258 e. The van der Waals surface area contributed by atoms with Gasteiger partial charge in [0.05, 0.1) is 9.72 Å². The van der Waals surface area contributed by atoms with E-state index in [1.54, 1.807) is 10.6 Å². The lowest BCUT2D eigenvalue weighted by Gasteiger charge is -2.28. The van der Waals surface area contributed by atoms with Crippen molar-refractivity contribution in [2.45, 2.75) is 64.3 Å². The van der Waals surface area contributed by atoms with Gasteiger partial charge >= 0.3 is 0 Å². The van der Waals surface area contributed by atoms with E-state index in [1.165, 1.54) is 12.3 Å². The second kappa shape index (κ2) is 7.65. The molecule has 28 heavy (non-hydrogen) atoms. The van der Waals surface area contributed by atoms with Gasteiger partial charge in [-0.1, -0.05) is 27.2 Å². The lowest BCUT2D eigenvalue weighted by molar-refractivity contribution is 0.109. The van der Waals surface area contributed by atoms with Crippen LogP contribution in [0.5, 0.6) is 0 Å². The maximum atomic E-state index is 14.2. The highest BCUT2D eigenvalue weighted by Gasteiger charge is 2.37. The molecule has 0 spiro atoms. The van der Waals surface area contributed by atoms with E-state index in [0.717, 1.165) is 6.42 Å². The van der Waals surface area contributed by atoms with Crippen LogP contribution in [0.2, 0.25) is 0 Å². The number of hydrogen-bond donors (Lipinski definition) is 1. The summed E-state index contributed by atoms with van der Waals surface area (Å²) in [5, 5.41) is -0.353. The molecule has 1 aliphatic rings. The zero-order valence-electron chi connectivity index (χ0n) is 16.0. The van der Waals surface area contributed by atoms with Gasteiger partial charge in [-0.25, -0.2) is 26.3 Å². The van der Waals surface area contributed by atoms with Crippen LogP contribution in [0.15, 0.2) is 22.8 Å². The van der Waals surface area contributed by atoms with Crippen LogP contribution in [0.4, 0.5) is 13.2 Å². The van der Waals surface area contributed by atoms with Crippen LogP contribution in [0, 0.1) is 11.2 Å². The Labute approximate surface area is 171 Å². The largest absolute Gasteiger partial charge is 0.347 e. The molecular weight excluding hydrogens is 457 g/mol. The second-order valence-corrected chi connectivity index (χ2v) is 11.4. The average molecular weight is 481 g/mol. The van der Waals surface area contributed by atoms with Gasteiger partial charge in [0, 0.05) is 29.2 Å². The molecule has 4 nitrogen and oxygen atoms in total. The number of hydrogen-bond acceptors (Lipinski definition) is 2. The fourth-order valence-corrected chi connectivity index (χ4v) is 5.47. The molecule has 1 fully saturated rings. The number of alkyl halides is 2. The third kappa shape index (κ3) is 4.41. The summed E-state index contributed by atoms with van der Waals surface area (Å²) in [5.74, 6) is -0.586. The fraction of sp³-hybridized carbons (Fsp3) is 0.579. The molecule has 156 valence electrons. The van der Waals surface area contributed by atoms with Crippen LogP contribution in [0.25, 0.3) is 10.9 Å². The second-order valence-electron chi connectivity index (χ2n) is 8.58. The highest BCUT2D eigenvalue weighted by atomic mass is 79.9. The van der Waals surface area contributed by atoms with Crippen molar-refractivity contribution in [2.75, 3.05) is 0 Å². The van der Waals surface area contributed by atoms with Crippen LogP contribution in [-0.4, -0.2) is 24.7 Å². The Bertz CT molecular complexity index is 979. The Hall–Kier alpha value is -1.06. The molecule has 1 heterocycles. The van der Waals surface area contributed by atoms with Gasteiger partial charge in [0.2, 0.25) is 10.0 Å². The summed E-state index contributed by atoms with van der Waals surface area (Å²) in [4.78, 5) is 0. The smallest absolute Gasteiger partial charge is 0.258 e. The van der Waals surface area contributed by atoms with E-state index in [1.807, 2.05) is 20.8 Å². The van der Waals surface area contributed by atoms with Crippen molar-refractivity contribution in [1.29, 1.82) is 0 Å². The lowest BCUT2D eigenvalue weighted by atomic mass is 9.97. The van der Waals surface area contributed by atoms with Crippen LogP contribution < -0.4 is 4.72 Å². The van der Waals surface area contributed by atoms with Gasteiger partial charge in [0.15, 0.2) is 0 Å². The first-order valence-electron chi connectivity index (χ1n) is 9.16. The summed E-state index contributed by atoms with van der Waals surface area (Å²) in [5.41, 5.74) is 0.505. The Morgan fingerprint density at radius 2 is 1.93 bits per heavy atom. The van der Waals surface area contributed by atoms with Gasteiger partial charge in [-0.05, 0) is 46.3 Å². The number of benzene rings is 1. The highest BCUT2D eigenvalue weighted by Crippen LogP contribution is 2.36. The summed E-state index contributed by atoms with van der Waals surface area (Å²) in [6.45, 7) is 6.51. The van der Waals surface area contributed by atoms with Gasteiger partial charge in [0.1, 0.15) is 11.9 Å². The molecule has 0 bridgehead atoms. The number of aromatic nitrogens is 1. The van der Waals surface area contributed by atoms with Gasteiger partial charge in [-0.2, -0.15) is 0 Å². The van der Waals surface area contributed by atoms with Crippen molar-refractivity contribution in [1.82, 2.24) is 9.29 Å². The number of sulfonamides is 1. The van der Waals surface area contributed by atoms with Crippen LogP contribution >= 0.6 is 15.9 Å². The predicted molar refractivity (Wildman–Crippen MR) is 107 cm³/mol. The normalized spacial score (nSPS) is 17.3.